The molecular weight excluding hydrogens is 330 g/mol. The first-order valence-corrected chi connectivity index (χ1v) is 8.15. The molecule has 128 valence electrons. The number of nitrogens with one attached hydrogen (secondary N) is 1. The van der Waals surface area contributed by atoms with E-state index in [2.05, 4.69) is 15.4 Å². The lowest BCUT2D eigenvalue weighted by molar-refractivity contribution is -0.118. The van der Waals surface area contributed by atoms with Crippen molar-refractivity contribution in [3.8, 4) is 28.8 Å². The maximum absolute atomic E-state index is 11.9. The van der Waals surface area contributed by atoms with Crippen molar-refractivity contribution < 1.29 is 9.53 Å². The third-order valence-corrected chi connectivity index (χ3v) is 4.45. The van der Waals surface area contributed by atoms with Crippen molar-refractivity contribution in [2.75, 3.05) is 11.9 Å². The second kappa shape index (κ2) is 6.33. The van der Waals surface area contributed by atoms with Crippen LogP contribution in [0.4, 0.5) is 5.69 Å². The monoisotopic (exact) mass is 345 g/mol. The Bertz CT molecular complexity index is 1020. The van der Waals surface area contributed by atoms with E-state index in [4.69, 9.17) is 10.00 Å². The van der Waals surface area contributed by atoms with Crippen LogP contribution in [0, 0.1) is 11.3 Å². The van der Waals surface area contributed by atoms with Gasteiger partial charge in [-0.15, -0.1) is 5.10 Å². The molecule has 1 aliphatic rings. The van der Waals surface area contributed by atoms with Gasteiger partial charge in [0.15, 0.2) is 5.69 Å². The molecule has 1 N–H and O–H groups in total. The lowest BCUT2D eigenvalue weighted by Crippen LogP contribution is -2.31. The van der Waals surface area contributed by atoms with E-state index in [9.17, 15) is 4.79 Å². The van der Waals surface area contributed by atoms with Crippen LogP contribution in [0.2, 0.25) is 0 Å². The van der Waals surface area contributed by atoms with Crippen molar-refractivity contribution in [3.05, 3.63) is 53.7 Å². The third-order valence-electron chi connectivity index (χ3n) is 4.45. The van der Waals surface area contributed by atoms with E-state index in [1.54, 1.807) is 11.9 Å². The van der Waals surface area contributed by atoms with Gasteiger partial charge in [-0.25, -0.2) is 5.10 Å². The fourth-order valence-corrected chi connectivity index (χ4v) is 3.06. The number of ether oxygens (including phenoxy) is 1. The minimum Gasteiger partial charge on any atom is -0.457 e. The van der Waals surface area contributed by atoms with Gasteiger partial charge in [0.2, 0.25) is 5.91 Å². The van der Waals surface area contributed by atoms with Crippen molar-refractivity contribution in [3.63, 3.8) is 0 Å². The van der Waals surface area contributed by atoms with Crippen LogP contribution in [-0.4, -0.2) is 28.4 Å². The van der Waals surface area contributed by atoms with Gasteiger partial charge >= 0.3 is 0 Å². The van der Waals surface area contributed by atoms with Crippen molar-refractivity contribution >= 4 is 11.6 Å². The molecule has 1 aliphatic heterocycles. The van der Waals surface area contributed by atoms with Crippen molar-refractivity contribution in [1.82, 2.24) is 15.4 Å². The second-order valence-electron chi connectivity index (χ2n) is 5.98. The molecule has 26 heavy (non-hydrogen) atoms. The number of hydrogen-bond acceptors (Lipinski definition) is 5. The summed E-state index contributed by atoms with van der Waals surface area (Å²) in [7, 11) is 1.78. The molecule has 0 saturated carbocycles. The van der Waals surface area contributed by atoms with Gasteiger partial charge in [0.1, 0.15) is 23.3 Å². The molecule has 1 aromatic heterocycles. The number of nitrogens with zero attached hydrogens (tertiary/aromatic N) is 4. The Morgan fingerprint density at radius 1 is 1.19 bits per heavy atom. The maximum atomic E-state index is 11.9. The van der Waals surface area contributed by atoms with E-state index in [1.165, 1.54) is 0 Å². The number of rotatable bonds is 3. The molecule has 7 nitrogen and oxygen atoms in total. The largest absolute Gasteiger partial charge is 0.457 e. The zero-order valence-electron chi connectivity index (χ0n) is 14.1. The summed E-state index contributed by atoms with van der Waals surface area (Å²) in [6, 6.07) is 15.0. The van der Waals surface area contributed by atoms with Gasteiger partial charge in [-0.2, -0.15) is 5.26 Å². The lowest BCUT2D eigenvalue weighted by Gasteiger charge is -2.27. The number of amides is 1. The van der Waals surface area contributed by atoms with Crippen molar-refractivity contribution in [2.45, 2.75) is 12.8 Å². The van der Waals surface area contributed by atoms with Gasteiger partial charge in [-0.05, 0) is 42.8 Å². The summed E-state index contributed by atoms with van der Waals surface area (Å²) in [6.07, 6.45) is 1.14. The zero-order valence-corrected chi connectivity index (χ0v) is 14.1. The third kappa shape index (κ3) is 2.67. The summed E-state index contributed by atoms with van der Waals surface area (Å²) >= 11 is 0. The highest BCUT2D eigenvalue weighted by atomic mass is 16.5. The highest BCUT2D eigenvalue weighted by Crippen LogP contribution is 2.36. The lowest BCUT2D eigenvalue weighted by atomic mass is 10.0. The number of aromatic amines is 1. The van der Waals surface area contributed by atoms with Crippen LogP contribution in [0.1, 0.15) is 17.7 Å². The number of fused-ring (bicyclic) bond motifs is 1. The number of hydrogen-bond donors (Lipinski definition) is 1. The van der Waals surface area contributed by atoms with E-state index in [0.717, 1.165) is 22.6 Å². The van der Waals surface area contributed by atoms with E-state index >= 15 is 0 Å². The van der Waals surface area contributed by atoms with Crippen molar-refractivity contribution in [1.29, 1.82) is 5.26 Å². The molecule has 0 radical (unpaired) electrons. The molecule has 0 spiro atoms. The quantitative estimate of drug-likeness (QED) is 0.787. The highest BCUT2D eigenvalue weighted by molar-refractivity contribution is 5.96. The van der Waals surface area contributed by atoms with Gasteiger partial charge in [-0.3, -0.25) is 4.79 Å². The van der Waals surface area contributed by atoms with Crippen LogP contribution >= 0.6 is 0 Å². The molecule has 0 saturated heterocycles. The van der Waals surface area contributed by atoms with Crippen molar-refractivity contribution in [2.24, 2.45) is 0 Å². The van der Waals surface area contributed by atoms with Gasteiger partial charge in [0, 0.05) is 24.6 Å². The van der Waals surface area contributed by atoms with Crippen LogP contribution in [0.3, 0.4) is 0 Å². The van der Waals surface area contributed by atoms with Gasteiger partial charge in [-0.1, -0.05) is 11.3 Å². The maximum Gasteiger partial charge on any atom is 0.227 e. The first kappa shape index (κ1) is 15.8. The summed E-state index contributed by atoms with van der Waals surface area (Å²) in [6.45, 7) is 0. The summed E-state index contributed by atoms with van der Waals surface area (Å²) in [5.41, 5.74) is 3.53. The molecule has 2 aromatic carbocycles. The predicted octanol–water partition coefficient (Wildman–Crippen LogP) is 3.04. The Morgan fingerprint density at radius 2 is 2.00 bits per heavy atom. The zero-order chi connectivity index (χ0) is 18.1. The number of carbonyl (C=O) groups is 1. The summed E-state index contributed by atoms with van der Waals surface area (Å²) in [4.78, 5) is 13.5. The fourth-order valence-electron chi connectivity index (χ4n) is 3.06. The SMILES string of the molecule is CN1C(=O)CCc2c(Oc3ccc(-c4nn[nH]c4C#N)cc3)cccc21. The minimum absolute atomic E-state index is 0.111. The highest BCUT2D eigenvalue weighted by Gasteiger charge is 2.23. The first-order chi connectivity index (χ1) is 12.7. The summed E-state index contributed by atoms with van der Waals surface area (Å²) in [5.74, 6) is 1.53. The van der Waals surface area contributed by atoms with E-state index in [-0.39, 0.29) is 5.91 Å². The molecule has 0 unspecified atom stereocenters. The number of H-pyrrole nitrogens is 1. The Morgan fingerprint density at radius 3 is 2.77 bits per heavy atom. The Kier molecular flexibility index (Phi) is 3.86. The molecule has 4 rings (SSSR count). The number of carbonyl (C=O) groups excluding carboxylic acids is 1. The minimum atomic E-state index is 0.111. The molecule has 1 amide bonds. The number of aromatic nitrogens is 3. The molecule has 2 heterocycles. The van der Waals surface area contributed by atoms with Crippen LogP contribution < -0.4 is 9.64 Å². The Balaban J connectivity index is 1.61. The van der Waals surface area contributed by atoms with E-state index < -0.39 is 0 Å². The molecule has 0 fully saturated rings. The molecule has 0 bridgehead atoms. The number of anilines is 1. The molecule has 0 aliphatic carbocycles. The van der Waals surface area contributed by atoms with Gasteiger partial charge in [0.25, 0.3) is 0 Å². The van der Waals surface area contributed by atoms with Gasteiger partial charge in [0.05, 0.1) is 5.69 Å². The molecule has 3 aromatic rings. The van der Waals surface area contributed by atoms with Crippen LogP contribution in [0.25, 0.3) is 11.3 Å². The molecule has 7 heteroatoms. The normalized spacial score (nSPS) is 13.2. The Hall–Kier alpha value is -3.66. The van der Waals surface area contributed by atoms with E-state index in [1.807, 2.05) is 48.5 Å². The van der Waals surface area contributed by atoms with Crippen LogP contribution in [-0.2, 0) is 11.2 Å². The van der Waals surface area contributed by atoms with Gasteiger partial charge < -0.3 is 9.64 Å². The first-order valence-electron chi connectivity index (χ1n) is 8.15. The average Bonchev–Trinajstić information content (AvgIpc) is 3.14. The average molecular weight is 345 g/mol. The molecular formula is C19H15N5O2. The predicted molar refractivity (Wildman–Crippen MR) is 94.8 cm³/mol. The number of benzene rings is 2. The summed E-state index contributed by atoms with van der Waals surface area (Å²) < 4.78 is 6.04. The number of nitriles is 1. The van der Waals surface area contributed by atoms with Crippen LogP contribution in [0.15, 0.2) is 42.5 Å². The second-order valence-corrected chi connectivity index (χ2v) is 5.98. The standard InChI is InChI=1S/C19H15N5O2/c1-24-16-3-2-4-17(14(16)9-10-18(24)25)26-13-7-5-12(6-8-13)19-15(11-20)21-23-22-19/h2-8H,9-10H2,1H3,(H,21,22,23). The topological polar surface area (TPSA) is 94.9 Å². The van der Waals surface area contributed by atoms with E-state index in [0.29, 0.717) is 30.0 Å². The van der Waals surface area contributed by atoms with Crippen LogP contribution in [0.5, 0.6) is 11.5 Å². The molecule has 0 atom stereocenters. The summed E-state index contributed by atoms with van der Waals surface area (Å²) in [5, 5.41) is 19.2. The fraction of sp³-hybridized carbons (Fsp3) is 0.158. The smallest absolute Gasteiger partial charge is 0.227 e. The Labute approximate surface area is 149 Å².